The second-order valence-electron chi connectivity index (χ2n) is 27.7. The quantitative estimate of drug-likeness (QED) is 0.130. The van der Waals surface area contributed by atoms with Gasteiger partial charge in [0.2, 0.25) is 23.6 Å². The fourth-order valence-corrected chi connectivity index (χ4v) is 15.9. The molecule has 4 saturated carbocycles. The van der Waals surface area contributed by atoms with Crippen LogP contribution in [0.3, 0.4) is 0 Å². The summed E-state index contributed by atoms with van der Waals surface area (Å²) in [6, 6.07) is 9.72. The van der Waals surface area contributed by atoms with Crippen LogP contribution in [0.1, 0.15) is 193 Å². The number of ether oxygens (including phenoxy) is 6. The molecule has 2 radical (unpaired) electrons. The second-order valence-corrected chi connectivity index (χ2v) is 27.7. The number of carbonyl (C=O) groups excluding carboxylic acids is 6. The van der Waals surface area contributed by atoms with E-state index in [1.54, 1.807) is 24.0 Å². The first-order valence-electron chi connectivity index (χ1n) is 33.4. The Labute approximate surface area is 555 Å². The van der Waals surface area contributed by atoms with Gasteiger partial charge < -0.3 is 47.8 Å². The van der Waals surface area contributed by atoms with E-state index in [2.05, 4.69) is 26.4 Å². The molecule has 2 aromatic heterocycles. The number of benzene rings is 2. The Hall–Kier alpha value is -5.29. The molecule has 8 aliphatic rings. The summed E-state index contributed by atoms with van der Waals surface area (Å²) in [6.45, 7) is 8.58. The molecule has 2 saturated heterocycles. The summed E-state index contributed by atoms with van der Waals surface area (Å²) in [6.07, 6.45) is 26.6. The van der Waals surface area contributed by atoms with Crippen LogP contribution in [0.4, 0.5) is 0 Å². The van der Waals surface area contributed by atoms with Gasteiger partial charge in [-0.3, -0.25) is 19.2 Å². The van der Waals surface area contributed by atoms with Crippen LogP contribution in [-0.2, 0) is 88.2 Å². The number of aromatic nitrogens is 4. The summed E-state index contributed by atoms with van der Waals surface area (Å²) in [5.41, 5.74) is 3.79. The summed E-state index contributed by atoms with van der Waals surface area (Å²) in [7, 11) is 3.24. The Morgan fingerprint density at radius 3 is 1.36 bits per heavy atom. The third kappa shape index (κ3) is 15.5. The van der Waals surface area contributed by atoms with Crippen LogP contribution in [0.5, 0.6) is 23.3 Å². The maximum Gasteiger partial charge on any atom is 0.306 e. The molecule has 4 bridgehead atoms. The Morgan fingerprint density at radius 1 is 0.489 bits per heavy atom. The largest absolute Gasteiger partial charge is 0.540 e. The van der Waals surface area contributed by atoms with E-state index < -0.39 is 36.1 Å². The van der Waals surface area contributed by atoms with Crippen LogP contribution in [0.2, 0.25) is 0 Å². The van der Waals surface area contributed by atoms with Crippen molar-refractivity contribution >= 4 is 58.4 Å². The maximum absolute atomic E-state index is 14.5. The molecule has 6 fully saturated rings. The fourth-order valence-electron chi connectivity index (χ4n) is 15.9. The van der Waals surface area contributed by atoms with Crippen molar-refractivity contribution in [3.05, 3.63) is 47.8 Å². The molecule has 2 aromatic carbocycles. The molecule has 20 heteroatoms. The van der Waals surface area contributed by atoms with Crippen molar-refractivity contribution in [3.63, 3.8) is 0 Å². The fraction of sp³-hybridized carbons (Fsp3) is 0.686. The van der Waals surface area contributed by atoms with E-state index in [-0.39, 0.29) is 122 Å². The standard InChI is InChI=1S/C36H48N3O6.C34H44N3O6.2V/c1-23-30(22-40)39-21-32(23)45-34-28(37-27-16-15-25(43-3)19-29(27)38-34)13-7-4-6-11-24-12-10-14-31(24)44-33(41)20-26(35(39)42)36(2)17-8-5-9-18-36;1-21-28(20-38)37-19-30(21)43-32-26(35-25-13-12-23(41-3)17-27(25)36-32)11-7-4-6-10-22-16-29(22)42-31(39)18-24(33(37)40)34(2)14-8-5-9-15-34;;/h15-16,19,23-24,26,30-32H,4-14,17-18,20-21H2,1-3H3;12-13,17,21-22,24,28-30H,4-11,14-16,18-19H2,1-3H3;;/q2*-1;;/t23-,24+,26+,30+,31+,32-;21-,22+,24+,28+,29+,30-;;/m00../s1. The van der Waals surface area contributed by atoms with Crippen LogP contribution >= 0.6 is 0 Å². The first-order chi connectivity index (χ1) is 42.6. The molecule has 4 aliphatic carbocycles. The third-order valence-electron chi connectivity index (χ3n) is 21.7. The van der Waals surface area contributed by atoms with Gasteiger partial charge in [-0.25, -0.2) is 32.5 Å². The van der Waals surface area contributed by atoms with Crippen LogP contribution < -0.4 is 18.9 Å². The van der Waals surface area contributed by atoms with Gasteiger partial charge in [0.05, 0.1) is 74.1 Å². The molecule has 6 heterocycles. The smallest absolute Gasteiger partial charge is 0.306 e. The third-order valence-corrected chi connectivity index (χ3v) is 21.7. The SMILES string of the molecule is COc1ccc2nc3c(nc2c1)O[C@H]1CN(C(=O)[C@H](C2(C)CCCCC2)CC(=O)O[C@@H]2CCC[C@H]2CCCCC3)[C@H]([C-]=O)[C@@H]1C.COc1ccc2nc3c(nc2c1)O[C@H]1CN(C(=O)[C@H](C2(C)CCCCC2)CC(=O)O[C@@H]2C[C@H]2CCCCC3)[C@H]([C-]=O)[C@@H]1C.[V].[V]. The minimum absolute atomic E-state index is 0. The number of carbonyl (C=O) groups is 4. The minimum Gasteiger partial charge on any atom is -0.540 e. The molecular weight excluding hydrogens is 1220 g/mol. The average molecular weight is 1310 g/mol. The van der Waals surface area contributed by atoms with Gasteiger partial charge in [0.1, 0.15) is 47.3 Å². The predicted molar refractivity (Wildman–Crippen MR) is 330 cm³/mol. The molecule has 486 valence electrons. The molecule has 0 spiro atoms. The molecule has 4 aromatic rings. The number of methoxy groups -OCH3 is 2. The second kappa shape index (κ2) is 30.6. The summed E-state index contributed by atoms with van der Waals surface area (Å²) < 4.78 is 36.1. The van der Waals surface area contributed by atoms with E-state index in [0.29, 0.717) is 59.0 Å². The van der Waals surface area contributed by atoms with Gasteiger partial charge in [-0.2, -0.15) is 0 Å². The number of fused-ring (bicyclic) bond motifs is 10. The molecule has 12 rings (SSSR count). The van der Waals surface area contributed by atoms with Gasteiger partial charge in [-0.05, 0) is 149 Å². The van der Waals surface area contributed by atoms with Crippen LogP contribution in [-0.4, -0.2) is 130 Å². The Balaban J connectivity index is 0.000000209. The number of esters is 2. The van der Waals surface area contributed by atoms with Crippen molar-refractivity contribution in [2.24, 2.45) is 46.3 Å². The zero-order valence-corrected chi connectivity index (χ0v) is 56.5. The average Bonchev–Trinajstić information content (AvgIpc) is 2.30. The van der Waals surface area contributed by atoms with Crippen molar-refractivity contribution in [2.75, 3.05) is 27.3 Å². The zero-order chi connectivity index (χ0) is 61.7. The van der Waals surface area contributed by atoms with Crippen molar-refractivity contribution < 1.29 is 94.3 Å². The zero-order valence-electron chi connectivity index (χ0n) is 53.7. The molecule has 90 heavy (non-hydrogen) atoms. The maximum atomic E-state index is 14.5. The number of rotatable bonds is 6. The number of hydrogen-bond acceptors (Lipinski definition) is 16. The predicted octanol–water partition coefficient (Wildman–Crippen LogP) is 11.5. The van der Waals surface area contributed by atoms with Crippen LogP contribution in [0.15, 0.2) is 36.4 Å². The van der Waals surface area contributed by atoms with Crippen LogP contribution in [0.25, 0.3) is 22.1 Å². The Bertz CT molecular complexity index is 3180. The van der Waals surface area contributed by atoms with Gasteiger partial charge >= 0.3 is 11.9 Å². The van der Waals surface area contributed by atoms with E-state index in [0.717, 1.165) is 164 Å². The van der Waals surface area contributed by atoms with E-state index >= 15 is 0 Å². The first kappa shape index (κ1) is 69.1. The van der Waals surface area contributed by atoms with Gasteiger partial charge in [0, 0.05) is 49.2 Å². The Kier molecular flexibility index (Phi) is 23.5. The van der Waals surface area contributed by atoms with Crippen molar-refractivity contribution in [1.82, 2.24) is 29.7 Å². The van der Waals surface area contributed by atoms with Crippen molar-refractivity contribution in [3.8, 4) is 23.3 Å². The number of hydrogen-bond donors (Lipinski definition) is 0. The van der Waals surface area contributed by atoms with Crippen molar-refractivity contribution in [2.45, 2.75) is 231 Å². The molecule has 12 atom stereocenters. The molecular formula is C70H92N6O12V2-2. The van der Waals surface area contributed by atoms with E-state index in [1.807, 2.05) is 50.2 Å². The molecule has 0 unspecified atom stereocenters. The normalized spacial score (nSPS) is 30.7. The number of nitrogens with zero attached hydrogens (tertiary/aromatic N) is 6. The topological polar surface area (TPSA) is 216 Å². The summed E-state index contributed by atoms with van der Waals surface area (Å²) in [5.74, 6) is 0.366. The van der Waals surface area contributed by atoms with Gasteiger partial charge in [0.25, 0.3) is 0 Å². The summed E-state index contributed by atoms with van der Waals surface area (Å²) >= 11 is 0. The number of aryl methyl sites for hydroxylation is 2. The van der Waals surface area contributed by atoms with Crippen LogP contribution in [0, 0.1) is 46.3 Å². The summed E-state index contributed by atoms with van der Waals surface area (Å²) in [5, 5.41) is 0. The molecule has 2 amide bonds. The van der Waals surface area contributed by atoms with E-state index in [1.165, 1.54) is 0 Å². The number of amides is 2. The molecule has 18 nitrogen and oxygen atoms in total. The summed E-state index contributed by atoms with van der Waals surface area (Å²) in [4.78, 5) is 103. The van der Waals surface area contributed by atoms with Gasteiger partial charge in [-0.15, -0.1) is 0 Å². The molecule has 4 aliphatic heterocycles. The first-order valence-corrected chi connectivity index (χ1v) is 33.4. The minimum atomic E-state index is -0.772. The Morgan fingerprint density at radius 2 is 0.911 bits per heavy atom. The van der Waals surface area contributed by atoms with Gasteiger partial charge in [0.15, 0.2) is 0 Å². The van der Waals surface area contributed by atoms with Gasteiger partial charge in [-0.1, -0.05) is 104 Å². The monoisotopic (exact) mass is 1310 g/mol. The van der Waals surface area contributed by atoms with E-state index in [4.69, 9.17) is 48.4 Å². The van der Waals surface area contributed by atoms with E-state index in [9.17, 15) is 28.8 Å². The molecule has 0 N–H and O–H groups in total. The van der Waals surface area contributed by atoms with Crippen molar-refractivity contribution in [1.29, 1.82) is 0 Å².